The summed E-state index contributed by atoms with van der Waals surface area (Å²) >= 11 is 1.01. The van der Waals surface area contributed by atoms with Crippen molar-refractivity contribution in [3.05, 3.63) is 35.5 Å². The zero-order valence-electron chi connectivity index (χ0n) is 8.93. The van der Waals surface area contributed by atoms with Gasteiger partial charge < -0.3 is 4.74 Å². The fraction of sp³-hybridized carbons (Fsp3) is 0.182. The Labute approximate surface area is 97.2 Å². The fourth-order valence-electron chi connectivity index (χ4n) is 1.32. The number of ether oxygens (including phenoxy) is 1. The van der Waals surface area contributed by atoms with Crippen molar-refractivity contribution in [1.29, 1.82) is 0 Å². The molecule has 0 radical (unpaired) electrons. The number of esters is 1. The third-order valence-electron chi connectivity index (χ3n) is 2.19. The summed E-state index contributed by atoms with van der Waals surface area (Å²) in [6, 6.07) is 7.77. The summed E-state index contributed by atoms with van der Waals surface area (Å²) in [7, 11) is 1.33. The monoisotopic (exact) mass is 234 g/mol. The largest absolute Gasteiger partial charge is 0.464 e. The molecule has 0 amide bonds. The summed E-state index contributed by atoms with van der Waals surface area (Å²) in [6.07, 6.45) is 0. The number of rotatable bonds is 2. The zero-order valence-corrected chi connectivity index (χ0v) is 9.75. The molecule has 2 rings (SSSR count). The minimum absolute atomic E-state index is 0.274. The van der Waals surface area contributed by atoms with Crippen LogP contribution >= 0.6 is 11.7 Å². The highest BCUT2D eigenvalue weighted by Gasteiger charge is 2.17. The van der Waals surface area contributed by atoms with Crippen LogP contribution in [0.3, 0.4) is 0 Å². The van der Waals surface area contributed by atoms with E-state index in [-0.39, 0.29) is 5.69 Å². The molecule has 0 aliphatic rings. The molecule has 0 aliphatic heterocycles. The fourth-order valence-corrected chi connectivity index (χ4v) is 1.88. The molecule has 4 nitrogen and oxygen atoms in total. The van der Waals surface area contributed by atoms with Gasteiger partial charge in [0.1, 0.15) is 5.69 Å². The summed E-state index contributed by atoms with van der Waals surface area (Å²) in [6.45, 7) is 2.00. The van der Waals surface area contributed by atoms with Gasteiger partial charge in [-0.3, -0.25) is 0 Å². The van der Waals surface area contributed by atoms with E-state index >= 15 is 0 Å². The number of aromatic nitrogens is 2. The number of methoxy groups -OCH3 is 1. The van der Waals surface area contributed by atoms with Gasteiger partial charge in [-0.1, -0.05) is 29.8 Å². The topological polar surface area (TPSA) is 52.1 Å². The lowest BCUT2D eigenvalue weighted by molar-refractivity contribution is 0.0596. The number of benzene rings is 1. The Bertz CT molecular complexity index is 505. The lowest BCUT2D eigenvalue weighted by atomic mass is 10.1. The predicted molar refractivity (Wildman–Crippen MR) is 61.4 cm³/mol. The number of hydrogen-bond acceptors (Lipinski definition) is 5. The second-order valence-corrected chi connectivity index (χ2v) is 3.85. The average Bonchev–Trinajstić information content (AvgIpc) is 2.78. The van der Waals surface area contributed by atoms with E-state index in [9.17, 15) is 4.79 Å². The summed E-state index contributed by atoms with van der Waals surface area (Å²) in [5.74, 6) is -0.454. The lowest BCUT2D eigenvalue weighted by Crippen LogP contribution is -2.03. The van der Waals surface area contributed by atoms with Crippen LogP contribution < -0.4 is 0 Å². The highest BCUT2D eigenvalue weighted by atomic mass is 32.1. The number of hydrogen-bond donors (Lipinski definition) is 0. The van der Waals surface area contributed by atoms with Crippen molar-refractivity contribution in [1.82, 2.24) is 8.75 Å². The molecule has 0 saturated heterocycles. The molecule has 0 atom stereocenters. The first-order valence-electron chi connectivity index (χ1n) is 4.70. The second kappa shape index (κ2) is 4.40. The highest BCUT2D eigenvalue weighted by molar-refractivity contribution is 6.99. The van der Waals surface area contributed by atoms with Crippen LogP contribution in [0.5, 0.6) is 0 Å². The molecular formula is C11H10N2O2S. The highest BCUT2D eigenvalue weighted by Crippen LogP contribution is 2.22. The van der Waals surface area contributed by atoms with E-state index in [0.717, 1.165) is 22.9 Å². The van der Waals surface area contributed by atoms with E-state index in [1.165, 1.54) is 7.11 Å². The van der Waals surface area contributed by atoms with Crippen LogP contribution in [-0.4, -0.2) is 21.8 Å². The van der Waals surface area contributed by atoms with Crippen LogP contribution in [0.4, 0.5) is 0 Å². The Hall–Kier alpha value is -1.75. The van der Waals surface area contributed by atoms with Gasteiger partial charge in [0.2, 0.25) is 0 Å². The number of nitrogens with zero attached hydrogens (tertiary/aromatic N) is 2. The van der Waals surface area contributed by atoms with Crippen LogP contribution in [0.1, 0.15) is 16.1 Å². The van der Waals surface area contributed by atoms with Crippen LogP contribution in [0.15, 0.2) is 24.3 Å². The molecule has 0 saturated carbocycles. The van der Waals surface area contributed by atoms with Crippen molar-refractivity contribution in [2.75, 3.05) is 7.11 Å². The predicted octanol–water partition coefficient (Wildman–Crippen LogP) is 2.30. The van der Waals surface area contributed by atoms with Gasteiger partial charge in [0, 0.05) is 5.56 Å². The first-order valence-corrected chi connectivity index (χ1v) is 5.43. The molecule has 1 heterocycles. The maximum absolute atomic E-state index is 11.4. The number of carbonyl (C=O) groups is 1. The van der Waals surface area contributed by atoms with Gasteiger partial charge in [-0.25, -0.2) is 4.79 Å². The van der Waals surface area contributed by atoms with Crippen LogP contribution in [0, 0.1) is 6.92 Å². The number of aryl methyl sites for hydroxylation is 1. The zero-order chi connectivity index (χ0) is 11.5. The van der Waals surface area contributed by atoms with Crippen molar-refractivity contribution >= 4 is 17.7 Å². The summed E-state index contributed by atoms with van der Waals surface area (Å²) in [4.78, 5) is 11.4. The van der Waals surface area contributed by atoms with Crippen molar-refractivity contribution in [3.63, 3.8) is 0 Å². The van der Waals surface area contributed by atoms with Crippen LogP contribution in [-0.2, 0) is 4.74 Å². The van der Waals surface area contributed by atoms with Crippen molar-refractivity contribution in [2.45, 2.75) is 6.92 Å². The van der Waals surface area contributed by atoms with Gasteiger partial charge in [0.05, 0.1) is 18.8 Å². The summed E-state index contributed by atoms with van der Waals surface area (Å²) in [5, 5.41) is 0. The Kier molecular flexibility index (Phi) is 2.96. The Morgan fingerprint density at radius 2 is 1.94 bits per heavy atom. The van der Waals surface area contributed by atoms with E-state index in [2.05, 4.69) is 13.5 Å². The van der Waals surface area contributed by atoms with Gasteiger partial charge in [-0.2, -0.15) is 8.75 Å². The molecule has 2 aromatic rings. The average molecular weight is 234 g/mol. The first kappa shape index (κ1) is 10.8. The van der Waals surface area contributed by atoms with Crippen molar-refractivity contribution in [2.24, 2.45) is 0 Å². The molecule has 0 bridgehead atoms. The van der Waals surface area contributed by atoms with Crippen molar-refractivity contribution in [3.8, 4) is 11.3 Å². The molecule has 0 N–H and O–H groups in total. The molecule has 0 unspecified atom stereocenters. The van der Waals surface area contributed by atoms with Gasteiger partial charge >= 0.3 is 5.97 Å². The summed E-state index contributed by atoms with van der Waals surface area (Å²) < 4.78 is 12.7. The third-order valence-corrected chi connectivity index (χ3v) is 2.72. The second-order valence-electron chi connectivity index (χ2n) is 3.32. The van der Waals surface area contributed by atoms with Gasteiger partial charge in [0.15, 0.2) is 5.69 Å². The van der Waals surface area contributed by atoms with E-state index in [1.54, 1.807) is 0 Å². The molecule has 0 fully saturated rings. The Balaban J connectivity index is 2.44. The Morgan fingerprint density at radius 1 is 1.25 bits per heavy atom. The lowest BCUT2D eigenvalue weighted by Gasteiger charge is -2.00. The third kappa shape index (κ3) is 1.94. The SMILES string of the molecule is COC(=O)c1nsnc1-c1ccc(C)cc1. The standard InChI is InChI=1S/C11H10N2O2S/c1-7-3-5-8(6-4-7)9-10(11(14)15-2)13-16-12-9/h3-6H,1-2H3. The minimum atomic E-state index is -0.454. The van der Waals surface area contributed by atoms with E-state index < -0.39 is 5.97 Å². The quantitative estimate of drug-likeness (QED) is 0.748. The molecule has 0 aliphatic carbocycles. The van der Waals surface area contributed by atoms with Crippen LogP contribution in [0.25, 0.3) is 11.3 Å². The maximum Gasteiger partial charge on any atom is 0.360 e. The van der Waals surface area contributed by atoms with E-state index in [1.807, 2.05) is 31.2 Å². The molecule has 1 aromatic carbocycles. The van der Waals surface area contributed by atoms with E-state index in [0.29, 0.717) is 5.69 Å². The molecule has 0 spiro atoms. The summed E-state index contributed by atoms with van der Waals surface area (Å²) in [5.41, 5.74) is 2.89. The smallest absolute Gasteiger partial charge is 0.360 e. The Morgan fingerprint density at radius 3 is 2.56 bits per heavy atom. The van der Waals surface area contributed by atoms with E-state index in [4.69, 9.17) is 0 Å². The van der Waals surface area contributed by atoms with Crippen LogP contribution in [0.2, 0.25) is 0 Å². The van der Waals surface area contributed by atoms with Gasteiger partial charge in [-0.15, -0.1) is 0 Å². The maximum atomic E-state index is 11.4. The minimum Gasteiger partial charge on any atom is -0.464 e. The van der Waals surface area contributed by atoms with Crippen molar-refractivity contribution < 1.29 is 9.53 Å². The molecule has 1 aromatic heterocycles. The first-order chi connectivity index (χ1) is 7.72. The number of carbonyl (C=O) groups excluding carboxylic acids is 1. The van der Waals surface area contributed by atoms with Gasteiger partial charge in [-0.05, 0) is 6.92 Å². The molecule has 16 heavy (non-hydrogen) atoms. The van der Waals surface area contributed by atoms with Gasteiger partial charge in [0.25, 0.3) is 0 Å². The molecular weight excluding hydrogens is 224 g/mol. The molecule has 82 valence electrons. The normalized spacial score (nSPS) is 10.1. The molecule has 5 heteroatoms.